The Kier molecular flexibility index (Phi) is 4.26. The van der Waals surface area contributed by atoms with Gasteiger partial charge in [0.15, 0.2) is 11.5 Å². The Balaban J connectivity index is 1.92. The van der Waals surface area contributed by atoms with E-state index < -0.39 is 10.0 Å². The van der Waals surface area contributed by atoms with Crippen LogP contribution in [0, 0.1) is 0 Å². The van der Waals surface area contributed by atoms with Gasteiger partial charge in [-0.2, -0.15) is 8.42 Å². The predicted molar refractivity (Wildman–Crippen MR) is 100 cm³/mol. The molecule has 0 atom stereocenters. The minimum Gasteiger partial charge on any atom is -0.454 e. The standard InChI is InChI=1S/C17H13ClN2O4S2/c1-2-7-20-13-8-14-15(24-10-23-14)9-16(13)25-17(20)19-26(21,22)12-5-3-11(18)4-6-12/h2-6,8-9H,1,7,10H2. The lowest BCUT2D eigenvalue weighted by Crippen LogP contribution is -2.16. The Hall–Kier alpha value is -2.29. The maximum atomic E-state index is 12.7. The summed E-state index contributed by atoms with van der Waals surface area (Å²) in [5.74, 6) is 1.26. The lowest BCUT2D eigenvalue weighted by molar-refractivity contribution is 0.174. The molecule has 2 aromatic carbocycles. The number of aromatic nitrogens is 1. The summed E-state index contributed by atoms with van der Waals surface area (Å²) in [7, 11) is -3.87. The van der Waals surface area contributed by atoms with Gasteiger partial charge in [-0.3, -0.25) is 0 Å². The number of fused-ring (bicyclic) bond motifs is 2. The minimum atomic E-state index is -3.87. The first kappa shape index (κ1) is 17.1. The summed E-state index contributed by atoms with van der Waals surface area (Å²) >= 11 is 7.09. The largest absolute Gasteiger partial charge is 0.454 e. The van der Waals surface area contributed by atoms with Crippen LogP contribution in [-0.2, 0) is 16.6 Å². The Morgan fingerprint density at radius 1 is 1.23 bits per heavy atom. The van der Waals surface area contributed by atoms with Crippen molar-refractivity contribution in [3.63, 3.8) is 0 Å². The second-order valence-corrected chi connectivity index (χ2v) is 8.53. The van der Waals surface area contributed by atoms with E-state index in [9.17, 15) is 8.42 Å². The van der Waals surface area contributed by atoms with Gasteiger partial charge in [0.25, 0.3) is 10.0 Å². The molecule has 0 aliphatic carbocycles. The zero-order valence-corrected chi connectivity index (χ0v) is 15.8. The van der Waals surface area contributed by atoms with Gasteiger partial charge in [-0.05, 0) is 24.3 Å². The van der Waals surface area contributed by atoms with E-state index in [1.807, 2.05) is 12.1 Å². The molecule has 2 heterocycles. The molecule has 26 heavy (non-hydrogen) atoms. The summed E-state index contributed by atoms with van der Waals surface area (Å²) in [5.41, 5.74) is 0.809. The fourth-order valence-corrected chi connectivity index (χ4v) is 4.98. The van der Waals surface area contributed by atoms with Crippen LogP contribution in [0.4, 0.5) is 0 Å². The molecule has 1 aliphatic heterocycles. The van der Waals surface area contributed by atoms with Crippen LogP contribution in [0.5, 0.6) is 11.5 Å². The van der Waals surface area contributed by atoms with Gasteiger partial charge < -0.3 is 14.0 Å². The molecule has 134 valence electrons. The number of allylic oxidation sites excluding steroid dienone is 1. The van der Waals surface area contributed by atoms with Crippen molar-refractivity contribution < 1.29 is 17.9 Å². The van der Waals surface area contributed by atoms with E-state index in [1.165, 1.54) is 35.6 Å². The molecule has 0 saturated heterocycles. The highest BCUT2D eigenvalue weighted by Gasteiger charge is 2.19. The quantitative estimate of drug-likeness (QED) is 0.619. The zero-order valence-electron chi connectivity index (χ0n) is 13.4. The first-order valence-electron chi connectivity index (χ1n) is 7.58. The summed E-state index contributed by atoms with van der Waals surface area (Å²) in [6.07, 6.45) is 1.69. The average molecular weight is 409 g/mol. The fraction of sp³-hybridized carbons (Fsp3) is 0.118. The zero-order chi connectivity index (χ0) is 18.3. The van der Waals surface area contributed by atoms with E-state index in [0.717, 1.165) is 10.2 Å². The van der Waals surface area contributed by atoms with Crippen LogP contribution in [0.25, 0.3) is 10.2 Å². The lowest BCUT2D eigenvalue weighted by Gasteiger charge is -2.03. The molecule has 0 amide bonds. The number of rotatable bonds is 4. The monoisotopic (exact) mass is 408 g/mol. The highest BCUT2D eigenvalue weighted by molar-refractivity contribution is 7.90. The third kappa shape index (κ3) is 3.00. The van der Waals surface area contributed by atoms with Gasteiger partial charge in [0.05, 0.1) is 15.1 Å². The molecule has 0 bridgehead atoms. The molecule has 0 radical (unpaired) electrons. The second kappa shape index (κ2) is 6.46. The Morgan fingerprint density at radius 2 is 1.92 bits per heavy atom. The molecule has 1 aliphatic rings. The number of hydrogen-bond acceptors (Lipinski definition) is 5. The highest BCUT2D eigenvalue weighted by atomic mass is 35.5. The molecule has 0 spiro atoms. The van der Waals surface area contributed by atoms with Crippen LogP contribution in [0.15, 0.2) is 58.3 Å². The number of halogens is 1. The lowest BCUT2D eigenvalue weighted by atomic mass is 10.3. The maximum Gasteiger partial charge on any atom is 0.285 e. The molecule has 0 saturated carbocycles. The maximum absolute atomic E-state index is 12.7. The summed E-state index contributed by atoms with van der Waals surface area (Å²) < 4.78 is 42.8. The van der Waals surface area contributed by atoms with Gasteiger partial charge in [-0.15, -0.1) is 11.0 Å². The Bertz CT molecular complexity index is 1180. The third-order valence-corrected chi connectivity index (χ3v) is 6.49. The molecule has 0 fully saturated rings. The topological polar surface area (TPSA) is 69.9 Å². The van der Waals surface area contributed by atoms with Gasteiger partial charge >= 0.3 is 0 Å². The molecule has 1 aromatic heterocycles. The van der Waals surface area contributed by atoms with E-state index in [2.05, 4.69) is 11.0 Å². The van der Waals surface area contributed by atoms with Gasteiger partial charge in [-0.1, -0.05) is 29.0 Å². The van der Waals surface area contributed by atoms with E-state index in [-0.39, 0.29) is 11.7 Å². The van der Waals surface area contributed by atoms with E-state index in [1.54, 1.807) is 10.6 Å². The van der Waals surface area contributed by atoms with Crippen LogP contribution in [0.2, 0.25) is 5.02 Å². The summed E-state index contributed by atoms with van der Waals surface area (Å²) in [4.78, 5) is 0.428. The van der Waals surface area contributed by atoms with Crippen molar-refractivity contribution in [2.75, 3.05) is 6.79 Å². The van der Waals surface area contributed by atoms with Crippen molar-refractivity contribution in [2.24, 2.45) is 4.40 Å². The molecule has 9 heteroatoms. The Labute approximate surface area is 158 Å². The number of thiazole rings is 1. The van der Waals surface area contributed by atoms with Crippen molar-refractivity contribution >= 4 is 43.2 Å². The fourth-order valence-electron chi connectivity index (χ4n) is 2.60. The van der Waals surface area contributed by atoms with E-state index in [0.29, 0.717) is 27.9 Å². The smallest absolute Gasteiger partial charge is 0.285 e. The molecular weight excluding hydrogens is 396 g/mol. The van der Waals surface area contributed by atoms with Crippen LogP contribution in [0.1, 0.15) is 0 Å². The number of ether oxygens (including phenoxy) is 2. The minimum absolute atomic E-state index is 0.0821. The predicted octanol–water partition coefficient (Wildman–Crippen LogP) is 3.56. The van der Waals surface area contributed by atoms with Crippen molar-refractivity contribution in [3.8, 4) is 11.5 Å². The normalized spacial score (nSPS) is 14.1. The van der Waals surface area contributed by atoms with Gasteiger partial charge in [-0.25, -0.2) is 0 Å². The first-order chi connectivity index (χ1) is 12.5. The van der Waals surface area contributed by atoms with Crippen LogP contribution < -0.4 is 14.3 Å². The average Bonchev–Trinajstić information content (AvgIpc) is 3.18. The van der Waals surface area contributed by atoms with Crippen LogP contribution in [-0.4, -0.2) is 19.8 Å². The highest BCUT2D eigenvalue weighted by Crippen LogP contribution is 2.37. The summed E-state index contributed by atoms with van der Waals surface area (Å²) in [6, 6.07) is 9.56. The molecule has 0 N–H and O–H groups in total. The van der Waals surface area contributed by atoms with Crippen molar-refractivity contribution in [1.82, 2.24) is 4.57 Å². The molecule has 0 unspecified atom stereocenters. The second-order valence-electron chi connectivity index (χ2n) is 5.48. The van der Waals surface area contributed by atoms with Crippen molar-refractivity contribution in [2.45, 2.75) is 11.4 Å². The molecule has 3 aromatic rings. The van der Waals surface area contributed by atoms with Gasteiger partial charge in [0.2, 0.25) is 11.6 Å². The summed E-state index contributed by atoms with van der Waals surface area (Å²) in [6.45, 7) is 4.33. The van der Waals surface area contributed by atoms with E-state index >= 15 is 0 Å². The molecule has 6 nitrogen and oxygen atoms in total. The van der Waals surface area contributed by atoms with Gasteiger partial charge in [0.1, 0.15) is 0 Å². The van der Waals surface area contributed by atoms with Crippen molar-refractivity contribution in [1.29, 1.82) is 0 Å². The third-order valence-electron chi connectivity index (χ3n) is 3.80. The first-order valence-corrected chi connectivity index (χ1v) is 10.2. The van der Waals surface area contributed by atoms with E-state index in [4.69, 9.17) is 21.1 Å². The number of benzene rings is 2. The Morgan fingerprint density at radius 3 is 2.62 bits per heavy atom. The number of hydrogen-bond donors (Lipinski definition) is 0. The van der Waals surface area contributed by atoms with Crippen LogP contribution >= 0.6 is 22.9 Å². The van der Waals surface area contributed by atoms with Gasteiger partial charge in [0, 0.05) is 23.7 Å². The van der Waals surface area contributed by atoms with Crippen LogP contribution in [0.3, 0.4) is 0 Å². The van der Waals surface area contributed by atoms with Crippen molar-refractivity contribution in [3.05, 3.63) is 58.9 Å². The number of sulfonamides is 1. The molecule has 4 rings (SSSR count). The SMILES string of the molecule is C=CCn1c(=NS(=O)(=O)c2ccc(Cl)cc2)sc2cc3c(cc21)OCO3. The molecular formula is C17H13ClN2O4S2. The number of nitrogens with zero attached hydrogens (tertiary/aromatic N) is 2. The summed E-state index contributed by atoms with van der Waals surface area (Å²) in [5, 5.41) is 0.460.